The summed E-state index contributed by atoms with van der Waals surface area (Å²) >= 11 is 1.60. The highest BCUT2D eigenvalue weighted by Gasteiger charge is 2.12. The Kier molecular flexibility index (Phi) is 3.75. The van der Waals surface area contributed by atoms with Crippen molar-refractivity contribution in [3.05, 3.63) is 42.0 Å². The molecule has 0 aliphatic heterocycles. The predicted octanol–water partition coefficient (Wildman–Crippen LogP) is 4.05. The molecule has 1 aromatic carbocycles. The number of hydrogen-bond acceptors (Lipinski definition) is 3. The molecular formula is C16H17N3OS. The second-order valence-electron chi connectivity index (χ2n) is 5.41. The van der Waals surface area contributed by atoms with Crippen LogP contribution in [0, 0.1) is 5.92 Å². The van der Waals surface area contributed by atoms with Gasteiger partial charge in [0, 0.05) is 29.8 Å². The molecule has 21 heavy (non-hydrogen) atoms. The highest BCUT2D eigenvalue weighted by atomic mass is 32.1. The minimum atomic E-state index is 0.0403. The van der Waals surface area contributed by atoms with E-state index in [1.54, 1.807) is 11.3 Å². The largest absolute Gasteiger partial charge is 0.325 e. The van der Waals surface area contributed by atoms with E-state index < -0.39 is 0 Å². The van der Waals surface area contributed by atoms with Gasteiger partial charge >= 0.3 is 0 Å². The number of thiazole rings is 1. The average molecular weight is 299 g/mol. The van der Waals surface area contributed by atoms with Gasteiger partial charge in [-0.05, 0) is 12.0 Å². The minimum absolute atomic E-state index is 0.0403. The zero-order valence-corrected chi connectivity index (χ0v) is 12.9. The molecule has 4 nitrogen and oxygen atoms in total. The molecular weight excluding hydrogens is 282 g/mol. The van der Waals surface area contributed by atoms with Crippen molar-refractivity contribution in [2.45, 2.75) is 20.3 Å². The van der Waals surface area contributed by atoms with Crippen molar-refractivity contribution < 1.29 is 4.79 Å². The highest BCUT2D eigenvalue weighted by molar-refractivity contribution is 7.15. The van der Waals surface area contributed by atoms with Crippen LogP contribution < -0.4 is 5.32 Å². The van der Waals surface area contributed by atoms with Gasteiger partial charge in [-0.25, -0.2) is 4.98 Å². The number of carbonyl (C=O) groups excluding carboxylic acids is 1. The van der Waals surface area contributed by atoms with E-state index in [2.05, 4.69) is 10.3 Å². The summed E-state index contributed by atoms with van der Waals surface area (Å²) in [6.07, 6.45) is 4.49. The molecule has 0 spiro atoms. The number of nitrogens with one attached hydrogen (secondary N) is 1. The van der Waals surface area contributed by atoms with Crippen LogP contribution in [0.1, 0.15) is 20.3 Å². The van der Waals surface area contributed by atoms with Crippen LogP contribution in [0.5, 0.6) is 0 Å². The molecule has 0 atom stereocenters. The van der Waals surface area contributed by atoms with Crippen molar-refractivity contribution in [3.8, 4) is 11.3 Å². The lowest BCUT2D eigenvalue weighted by Gasteiger charge is -2.10. The summed E-state index contributed by atoms with van der Waals surface area (Å²) in [6.45, 7) is 4.07. The third-order valence-corrected chi connectivity index (χ3v) is 3.93. The highest BCUT2D eigenvalue weighted by Crippen LogP contribution is 2.28. The minimum Gasteiger partial charge on any atom is -0.325 e. The van der Waals surface area contributed by atoms with Gasteiger partial charge in [0.15, 0.2) is 4.96 Å². The Bertz CT molecular complexity index is 744. The number of aromatic nitrogens is 2. The summed E-state index contributed by atoms with van der Waals surface area (Å²) < 4.78 is 1.99. The lowest BCUT2D eigenvalue weighted by molar-refractivity contribution is -0.116. The molecule has 0 fully saturated rings. The van der Waals surface area contributed by atoms with Gasteiger partial charge in [-0.1, -0.05) is 32.0 Å². The molecule has 0 saturated heterocycles. The molecule has 5 heteroatoms. The number of carbonyl (C=O) groups is 1. The second-order valence-corrected chi connectivity index (χ2v) is 6.28. The molecule has 2 aromatic heterocycles. The van der Waals surface area contributed by atoms with Gasteiger partial charge in [0.1, 0.15) is 0 Å². The lowest BCUT2D eigenvalue weighted by atomic mass is 10.1. The van der Waals surface area contributed by atoms with Crippen molar-refractivity contribution in [2.75, 3.05) is 5.32 Å². The summed E-state index contributed by atoms with van der Waals surface area (Å²) in [7, 11) is 0. The monoisotopic (exact) mass is 299 g/mol. The molecule has 2 heterocycles. The summed E-state index contributed by atoms with van der Waals surface area (Å²) in [4.78, 5) is 17.5. The molecule has 1 N–H and O–H groups in total. The first-order chi connectivity index (χ1) is 10.1. The SMILES string of the molecule is CC(C)CC(=O)Nc1ccccc1-c1cn2ccsc2n1. The third kappa shape index (κ3) is 2.97. The van der Waals surface area contributed by atoms with Crippen molar-refractivity contribution in [3.63, 3.8) is 0 Å². The van der Waals surface area contributed by atoms with Crippen molar-refractivity contribution in [1.29, 1.82) is 0 Å². The van der Waals surface area contributed by atoms with E-state index in [1.165, 1.54) is 0 Å². The van der Waals surface area contributed by atoms with Crippen LogP contribution in [-0.4, -0.2) is 15.3 Å². The number of rotatable bonds is 4. The number of anilines is 1. The average Bonchev–Trinajstić information content (AvgIpc) is 2.98. The number of fused-ring (bicyclic) bond motifs is 1. The number of benzene rings is 1. The first-order valence-corrected chi connectivity index (χ1v) is 7.83. The van der Waals surface area contributed by atoms with Crippen LogP contribution in [0.4, 0.5) is 5.69 Å². The van der Waals surface area contributed by atoms with E-state index in [0.717, 1.165) is 21.9 Å². The summed E-state index contributed by atoms with van der Waals surface area (Å²) in [6, 6.07) is 7.78. The van der Waals surface area contributed by atoms with Crippen LogP contribution >= 0.6 is 11.3 Å². The Morgan fingerprint density at radius 2 is 2.19 bits per heavy atom. The van der Waals surface area contributed by atoms with Gasteiger partial charge in [-0.3, -0.25) is 9.20 Å². The van der Waals surface area contributed by atoms with E-state index in [0.29, 0.717) is 12.3 Å². The number of para-hydroxylation sites is 1. The van der Waals surface area contributed by atoms with Crippen LogP contribution in [0.2, 0.25) is 0 Å². The quantitative estimate of drug-likeness (QED) is 0.790. The first-order valence-electron chi connectivity index (χ1n) is 6.95. The van der Waals surface area contributed by atoms with Gasteiger partial charge in [0.05, 0.1) is 11.4 Å². The summed E-state index contributed by atoms with van der Waals surface area (Å²) in [5.41, 5.74) is 2.64. The summed E-state index contributed by atoms with van der Waals surface area (Å²) in [5, 5.41) is 4.99. The number of nitrogens with zero attached hydrogens (tertiary/aromatic N) is 2. The van der Waals surface area contributed by atoms with Gasteiger partial charge in [0.25, 0.3) is 0 Å². The molecule has 1 amide bonds. The Morgan fingerprint density at radius 1 is 1.38 bits per heavy atom. The van der Waals surface area contributed by atoms with E-state index in [-0.39, 0.29) is 5.91 Å². The predicted molar refractivity (Wildman–Crippen MR) is 86.6 cm³/mol. The zero-order chi connectivity index (χ0) is 14.8. The zero-order valence-electron chi connectivity index (χ0n) is 12.0. The second kappa shape index (κ2) is 5.69. The molecule has 3 rings (SSSR count). The van der Waals surface area contributed by atoms with E-state index in [9.17, 15) is 4.79 Å². The van der Waals surface area contributed by atoms with Crippen molar-refractivity contribution in [2.24, 2.45) is 5.92 Å². The van der Waals surface area contributed by atoms with Crippen LogP contribution in [0.3, 0.4) is 0 Å². The van der Waals surface area contributed by atoms with E-state index >= 15 is 0 Å². The van der Waals surface area contributed by atoms with Crippen molar-refractivity contribution >= 4 is 27.9 Å². The molecule has 0 aliphatic carbocycles. The smallest absolute Gasteiger partial charge is 0.224 e. The van der Waals surface area contributed by atoms with E-state index in [4.69, 9.17) is 0 Å². The third-order valence-electron chi connectivity index (χ3n) is 3.16. The number of amides is 1. The van der Waals surface area contributed by atoms with Crippen LogP contribution in [0.25, 0.3) is 16.2 Å². The molecule has 0 aliphatic rings. The lowest BCUT2D eigenvalue weighted by Crippen LogP contribution is -2.14. The topological polar surface area (TPSA) is 46.4 Å². The Morgan fingerprint density at radius 3 is 2.95 bits per heavy atom. The molecule has 0 radical (unpaired) electrons. The first kappa shape index (κ1) is 13.8. The van der Waals surface area contributed by atoms with Crippen LogP contribution in [0.15, 0.2) is 42.0 Å². The van der Waals surface area contributed by atoms with Gasteiger partial charge < -0.3 is 5.32 Å². The van der Waals surface area contributed by atoms with Crippen LogP contribution in [-0.2, 0) is 4.79 Å². The molecule has 0 bridgehead atoms. The van der Waals surface area contributed by atoms with E-state index in [1.807, 2.05) is 60.3 Å². The molecule has 3 aromatic rings. The number of imidazole rings is 1. The van der Waals surface area contributed by atoms with Gasteiger partial charge in [-0.15, -0.1) is 11.3 Å². The molecule has 0 saturated carbocycles. The maximum absolute atomic E-state index is 12.0. The Labute approximate surface area is 127 Å². The fourth-order valence-electron chi connectivity index (χ4n) is 2.24. The molecule has 0 unspecified atom stereocenters. The van der Waals surface area contributed by atoms with Crippen molar-refractivity contribution in [1.82, 2.24) is 9.38 Å². The fraction of sp³-hybridized carbons (Fsp3) is 0.250. The fourth-order valence-corrected chi connectivity index (χ4v) is 2.94. The Balaban J connectivity index is 1.92. The normalized spacial score (nSPS) is 11.2. The molecule has 108 valence electrons. The Hall–Kier alpha value is -2.14. The standard InChI is InChI=1S/C16H17N3OS/c1-11(2)9-15(20)17-13-6-4-3-5-12(13)14-10-19-7-8-21-16(19)18-14/h3-8,10-11H,9H2,1-2H3,(H,17,20). The maximum Gasteiger partial charge on any atom is 0.224 e. The van der Waals surface area contributed by atoms with Gasteiger partial charge in [-0.2, -0.15) is 0 Å². The van der Waals surface area contributed by atoms with Gasteiger partial charge in [0.2, 0.25) is 5.91 Å². The maximum atomic E-state index is 12.0. The number of hydrogen-bond donors (Lipinski definition) is 1. The summed E-state index contributed by atoms with van der Waals surface area (Å²) in [5.74, 6) is 0.383.